The van der Waals surface area contributed by atoms with E-state index in [4.69, 9.17) is 0 Å². The fourth-order valence-electron chi connectivity index (χ4n) is 6.48. The summed E-state index contributed by atoms with van der Waals surface area (Å²) in [4.78, 5) is 49.9. The molecule has 0 radical (unpaired) electrons. The monoisotopic (exact) mass is 774 g/mol. The van der Waals surface area contributed by atoms with Crippen LogP contribution in [0.3, 0.4) is 0 Å². The summed E-state index contributed by atoms with van der Waals surface area (Å²) in [5.41, 5.74) is 2.15. The fourth-order valence-corrected chi connectivity index (χ4v) is 9.87. The van der Waals surface area contributed by atoms with Gasteiger partial charge in [-0.05, 0) is 6.92 Å². The van der Waals surface area contributed by atoms with Crippen LogP contribution in [0, 0.1) is 26.6 Å². The van der Waals surface area contributed by atoms with Gasteiger partial charge in [-0.2, -0.15) is 5.10 Å². The Bertz CT molecular complexity index is 2210. The van der Waals surface area contributed by atoms with Crippen molar-refractivity contribution in [2.45, 2.75) is 67.3 Å². The number of pyridine rings is 1. The first-order valence-corrected chi connectivity index (χ1v) is 17.3. The van der Waals surface area contributed by atoms with Gasteiger partial charge in [0.05, 0.1) is 5.69 Å². The van der Waals surface area contributed by atoms with Gasteiger partial charge in [0.25, 0.3) is 0 Å². The van der Waals surface area contributed by atoms with Gasteiger partial charge in [0.15, 0.2) is 5.65 Å². The summed E-state index contributed by atoms with van der Waals surface area (Å²) in [7, 11) is 0. The van der Waals surface area contributed by atoms with Crippen molar-refractivity contribution in [3.63, 3.8) is 0 Å². The molecule has 0 bridgehead atoms. The summed E-state index contributed by atoms with van der Waals surface area (Å²) in [5.74, 6) is -2.07. The molecule has 3 atom stereocenters. The van der Waals surface area contributed by atoms with Gasteiger partial charge in [0.1, 0.15) is 0 Å². The summed E-state index contributed by atoms with van der Waals surface area (Å²) >= 11 is -0.447. The number of nitrogens with zero attached hydrogens (tertiary/aromatic N) is 6. The maximum atomic E-state index is 16.1. The molecule has 5 aromatic rings. The summed E-state index contributed by atoms with van der Waals surface area (Å²) in [6.07, 6.45) is 0.414. The van der Waals surface area contributed by atoms with Crippen LogP contribution in [0.15, 0.2) is 42.9 Å². The Labute approximate surface area is 281 Å². The van der Waals surface area contributed by atoms with E-state index in [0.29, 0.717) is 39.7 Å². The molecule has 2 aliphatic rings. The van der Waals surface area contributed by atoms with E-state index in [9.17, 15) is 27.6 Å². The molecule has 7 rings (SSSR count). The number of benzene rings is 1. The van der Waals surface area contributed by atoms with Crippen molar-refractivity contribution in [1.82, 2.24) is 29.0 Å². The number of likely N-dealkylation sites (tertiary alicyclic amines) is 1. The zero-order chi connectivity index (χ0) is 34.4. The molecule has 4 aromatic heterocycles. The Kier molecular flexibility index (Phi) is 7.41. The first-order valence-electron chi connectivity index (χ1n) is 15.0. The second-order valence-electron chi connectivity index (χ2n) is 12.5. The van der Waals surface area contributed by atoms with Crippen LogP contribution in [0.5, 0.6) is 0 Å². The molecule has 0 aliphatic carbocycles. The maximum absolute atomic E-state index is 16.1. The van der Waals surface area contributed by atoms with Gasteiger partial charge in [0, 0.05) is 6.07 Å². The van der Waals surface area contributed by atoms with Crippen LogP contribution in [-0.4, -0.2) is 60.2 Å². The van der Waals surface area contributed by atoms with Crippen LogP contribution in [0.2, 0.25) is 0 Å². The number of rotatable bonds is 6. The molecule has 0 spiro atoms. The van der Waals surface area contributed by atoms with Crippen LogP contribution in [0.25, 0.3) is 27.7 Å². The number of aryl methyl sites for hydroxylation is 3. The van der Waals surface area contributed by atoms with Crippen molar-refractivity contribution in [2.75, 3.05) is 5.32 Å². The number of Topliss-reactive ketones (excluding diaryl/α,β-unsaturated/α-hetero) is 1. The van der Waals surface area contributed by atoms with E-state index in [0.717, 1.165) is 11.8 Å². The van der Waals surface area contributed by atoms with Gasteiger partial charge in [0.2, 0.25) is 0 Å². The number of carbonyl (C=O) groups excluding carboxylic acids is 3. The topological polar surface area (TPSA) is 114 Å². The number of hydrogen-bond donors (Lipinski definition) is 1. The Morgan fingerprint density at radius 1 is 1.12 bits per heavy atom. The van der Waals surface area contributed by atoms with Crippen LogP contribution >= 0.6 is 0 Å². The van der Waals surface area contributed by atoms with Crippen molar-refractivity contribution < 1.29 is 53.2 Å². The standard InChI is InChI=1S/C33H29F4IN7O3/c1-15-6-7-24(33(35,36)37)40-29(15)41-30(48)23-10-32(5)31(38-32)45(23)26(47)14-43-13-22(18(4)46)21-9-20(27(34)17(3)28(21)43)19-11-39-25-8-16(2)42-44(25)12-19/h6-9,11-13,23,31H,10,14H2,1-5H3,(H,40,41,48)/q-1/t23-,31-,32+/m0/s1. The number of carbonyl (C=O) groups is 3. The molecule has 0 unspecified atom stereocenters. The predicted octanol–water partition coefficient (Wildman–Crippen LogP) is 2.46. The number of fused-ring (bicyclic) bond motifs is 3. The zero-order valence-corrected chi connectivity index (χ0v) is 28.6. The summed E-state index contributed by atoms with van der Waals surface area (Å²) < 4.78 is 58.8. The molecule has 0 saturated carbocycles. The van der Waals surface area contributed by atoms with Crippen LogP contribution in [0.4, 0.5) is 23.4 Å². The molecule has 2 saturated heterocycles. The van der Waals surface area contributed by atoms with Gasteiger partial charge in [-0.1, -0.05) is 0 Å². The Hall–Kier alpha value is -4.41. The van der Waals surface area contributed by atoms with Crippen LogP contribution in [-0.2, 0) is 22.3 Å². The van der Waals surface area contributed by atoms with Crippen molar-refractivity contribution >= 4 is 40.0 Å². The number of halogens is 5. The van der Waals surface area contributed by atoms with Gasteiger partial charge < -0.3 is 0 Å². The summed E-state index contributed by atoms with van der Waals surface area (Å²) in [5, 5.41) is 7.36. The van der Waals surface area contributed by atoms with E-state index in [-0.39, 0.29) is 36.7 Å². The van der Waals surface area contributed by atoms with E-state index >= 15 is 4.39 Å². The van der Waals surface area contributed by atoms with Gasteiger partial charge in [-0.3, -0.25) is 0 Å². The third kappa shape index (κ3) is 5.31. The quantitative estimate of drug-likeness (QED) is 0.0934. The van der Waals surface area contributed by atoms with Gasteiger partial charge in [-0.25, -0.2) is 0 Å². The number of aromatic nitrogens is 5. The van der Waals surface area contributed by atoms with Crippen molar-refractivity contribution in [3.05, 3.63) is 76.8 Å². The first-order chi connectivity index (χ1) is 22.6. The SMILES string of the molecule is CC(=O)c1cn(CC(=O)N2[C@H](C(=O)Nc3nc(C(F)(F)F)ccc3C)C[C@@]3(C)[I-][C@@H]23)c2c(C)c(F)c(-c3cnc4cc(C)nn4c3)cc12. The number of hydrogen-bond acceptors (Lipinski definition) is 6. The van der Waals surface area contributed by atoms with Gasteiger partial charge in [-0.15, -0.1) is 0 Å². The van der Waals surface area contributed by atoms with Crippen molar-refractivity contribution in [1.29, 1.82) is 0 Å². The number of alkyl halides is 5. The summed E-state index contributed by atoms with van der Waals surface area (Å²) in [6.45, 7) is 8.06. The zero-order valence-electron chi connectivity index (χ0n) is 26.4. The molecule has 6 heterocycles. The molecule has 10 nitrogen and oxygen atoms in total. The van der Waals surface area contributed by atoms with E-state index in [2.05, 4.69) is 20.4 Å². The Morgan fingerprint density at radius 2 is 1.88 bits per heavy atom. The van der Waals surface area contributed by atoms with E-state index in [1.165, 1.54) is 31.0 Å². The first kappa shape index (κ1) is 32.2. The van der Waals surface area contributed by atoms with Crippen molar-refractivity contribution in [2.24, 2.45) is 0 Å². The second-order valence-corrected chi connectivity index (χ2v) is 16.8. The molecule has 2 amide bonds. The molecule has 2 aliphatic heterocycles. The Balaban J connectivity index is 1.22. The average molecular weight is 775 g/mol. The van der Waals surface area contributed by atoms with E-state index < -0.39 is 56.7 Å². The minimum atomic E-state index is -4.69. The van der Waals surface area contributed by atoms with Gasteiger partial charge >= 0.3 is 253 Å². The molecule has 1 aromatic carbocycles. The minimum absolute atomic E-state index is 0.137. The molecular weight excluding hydrogens is 745 g/mol. The van der Waals surface area contributed by atoms with E-state index in [1.54, 1.807) is 40.5 Å². The second kappa shape index (κ2) is 11.1. The molecule has 48 heavy (non-hydrogen) atoms. The number of ketones is 1. The van der Waals surface area contributed by atoms with Crippen LogP contribution in [0.1, 0.15) is 53.1 Å². The Morgan fingerprint density at radius 3 is 2.58 bits per heavy atom. The number of nitrogens with one attached hydrogen (secondary N) is 1. The number of amides is 2. The fraction of sp³-hybridized carbons (Fsp3) is 0.333. The molecule has 1 N–H and O–H groups in total. The third-order valence-electron chi connectivity index (χ3n) is 8.95. The summed E-state index contributed by atoms with van der Waals surface area (Å²) in [6, 6.07) is 4.52. The normalized spacial score (nSPS) is 20.6. The average Bonchev–Trinajstić information content (AvgIpc) is 3.27. The van der Waals surface area contributed by atoms with E-state index in [1.807, 2.05) is 13.8 Å². The molecule has 250 valence electrons. The molecule has 2 fully saturated rings. The molecular formula is C33H29F4IN7O3-. The van der Waals surface area contributed by atoms with Crippen molar-refractivity contribution in [3.8, 4) is 11.1 Å². The third-order valence-corrected chi connectivity index (χ3v) is 13.3. The van der Waals surface area contributed by atoms with Crippen LogP contribution < -0.4 is 26.5 Å². The molecule has 15 heteroatoms. The predicted molar refractivity (Wildman–Crippen MR) is 163 cm³/mol. The number of anilines is 1.